The molecule has 4 amide bonds. The van der Waals surface area contributed by atoms with Crippen LogP contribution in [0.15, 0.2) is 41.1 Å². The summed E-state index contributed by atoms with van der Waals surface area (Å²) in [5, 5.41) is 6.38. The summed E-state index contributed by atoms with van der Waals surface area (Å²) in [6.07, 6.45) is 1.79. The number of amides is 4. The second-order valence-corrected chi connectivity index (χ2v) is 10.1. The zero-order valence-electron chi connectivity index (χ0n) is 24.2. The summed E-state index contributed by atoms with van der Waals surface area (Å²) >= 11 is 0. The van der Waals surface area contributed by atoms with Crippen LogP contribution in [0.5, 0.6) is 5.95 Å². The lowest BCUT2D eigenvalue weighted by Crippen LogP contribution is -2.62. The van der Waals surface area contributed by atoms with Crippen LogP contribution < -0.4 is 30.8 Å². The van der Waals surface area contributed by atoms with E-state index in [9.17, 15) is 19.2 Å². The molecule has 5 rings (SSSR count). The maximum atomic E-state index is 15.4. The zero-order valence-corrected chi connectivity index (χ0v) is 24.2. The molecule has 2 fully saturated rings. The molecule has 0 aliphatic carbocycles. The van der Waals surface area contributed by atoms with Crippen molar-refractivity contribution in [1.82, 2.24) is 31.3 Å². The molecule has 236 valence electrons. The van der Waals surface area contributed by atoms with Crippen LogP contribution in [0.25, 0.3) is 0 Å². The molecule has 3 N–H and O–H groups in total. The highest BCUT2D eigenvalue weighted by atomic mass is 19.1. The molecule has 0 bridgehead atoms. The van der Waals surface area contributed by atoms with Crippen LogP contribution in [0.3, 0.4) is 0 Å². The lowest BCUT2D eigenvalue weighted by atomic mass is 10.1. The molecule has 0 saturated carbocycles. The van der Waals surface area contributed by atoms with E-state index < -0.39 is 47.6 Å². The molecular formula is C27H32F2N8O7. The number of hydrazine groups is 3. The number of rotatable bonds is 11. The molecule has 17 heteroatoms. The first-order valence-corrected chi connectivity index (χ1v) is 13.8. The molecule has 44 heavy (non-hydrogen) atoms. The van der Waals surface area contributed by atoms with E-state index in [0.717, 1.165) is 27.1 Å². The monoisotopic (exact) mass is 618 g/mol. The molecule has 2 saturated heterocycles. The fraction of sp³-hybridized carbons (Fsp3) is 0.407. The highest BCUT2D eigenvalue weighted by molar-refractivity contribution is 5.99. The fourth-order valence-corrected chi connectivity index (χ4v) is 5.14. The molecule has 4 heterocycles. The quantitative estimate of drug-likeness (QED) is 0.330. The topological polar surface area (TPSA) is 152 Å². The highest BCUT2D eigenvalue weighted by Crippen LogP contribution is 2.31. The van der Waals surface area contributed by atoms with E-state index in [4.69, 9.17) is 13.9 Å². The van der Waals surface area contributed by atoms with Gasteiger partial charge in [0, 0.05) is 50.7 Å². The summed E-state index contributed by atoms with van der Waals surface area (Å²) in [5.74, 6) is -3.50. The van der Waals surface area contributed by atoms with Crippen LogP contribution in [0.4, 0.5) is 25.0 Å². The van der Waals surface area contributed by atoms with Crippen LogP contribution in [0.2, 0.25) is 0 Å². The Morgan fingerprint density at radius 3 is 2.59 bits per heavy atom. The average molecular weight is 619 g/mol. The number of anilines is 2. The van der Waals surface area contributed by atoms with E-state index in [2.05, 4.69) is 16.3 Å². The first-order valence-electron chi connectivity index (χ1n) is 13.8. The molecule has 1 aromatic carbocycles. The summed E-state index contributed by atoms with van der Waals surface area (Å²) in [4.78, 5) is 53.5. The first-order chi connectivity index (χ1) is 21.1. The minimum atomic E-state index is -1.13. The number of halogens is 2. The predicted octanol–water partition coefficient (Wildman–Crippen LogP) is 0.918. The molecule has 15 nitrogen and oxygen atoms in total. The molecule has 0 unspecified atom stereocenters. The van der Waals surface area contributed by atoms with Crippen molar-refractivity contribution in [3.63, 3.8) is 0 Å². The Morgan fingerprint density at radius 2 is 1.95 bits per heavy atom. The lowest BCUT2D eigenvalue weighted by Gasteiger charge is -2.40. The van der Waals surface area contributed by atoms with Crippen molar-refractivity contribution in [2.45, 2.75) is 25.5 Å². The van der Waals surface area contributed by atoms with Crippen LogP contribution in [0.1, 0.15) is 23.9 Å². The highest BCUT2D eigenvalue weighted by Gasteiger charge is 2.39. The van der Waals surface area contributed by atoms with Gasteiger partial charge >= 0.3 is 6.09 Å². The van der Waals surface area contributed by atoms with Crippen molar-refractivity contribution in [3.05, 3.63) is 54.1 Å². The largest absolute Gasteiger partial charge is 0.468 e. The van der Waals surface area contributed by atoms with Gasteiger partial charge in [-0.2, -0.15) is 0 Å². The number of carbonyl (C=O) groups is 4. The predicted molar refractivity (Wildman–Crippen MR) is 150 cm³/mol. The van der Waals surface area contributed by atoms with E-state index in [-0.39, 0.29) is 55.7 Å². The van der Waals surface area contributed by atoms with Crippen molar-refractivity contribution in [2.75, 3.05) is 56.7 Å². The van der Waals surface area contributed by atoms with Crippen molar-refractivity contribution in [1.29, 1.82) is 0 Å². The summed E-state index contributed by atoms with van der Waals surface area (Å²) in [6, 6.07) is 3.80. The maximum absolute atomic E-state index is 15.4. The minimum absolute atomic E-state index is 0.00738. The van der Waals surface area contributed by atoms with Crippen molar-refractivity contribution < 1.29 is 41.8 Å². The van der Waals surface area contributed by atoms with Gasteiger partial charge in [0.2, 0.25) is 5.91 Å². The van der Waals surface area contributed by atoms with Gasteiger partial charge in [0.25, 0.3) is 17.8 Å². The number of ether oxygens (including phenoxy) is 2. The number of likely N-dealkylation sites (N-methyl/N-ethyl adjacent to an activating group) is 2. The SMILES string of the molecule is CCN(CCN1C(=O)C[C@H](NC(=O)c2ccc(OC)o2)C(=O)N1C)c1c(F)cc(N2C[C@H](CN3C=CNN3)OC2=O)cc1F. The van der Waals surface area contributed by atoms with Gasteiger partial charge < -0.3 is 29.5 Å². The van der Waals surface area contributed by atoms with Gasteiger partial charge in [-0.25, -0.2) is 18.6 Å². The Hall–Kier alpha value is -5.06. The number of cyclic esters (lactones) is 1. The Morgan fingerprint density at radius 1 is 1.20 bits per heavy atom. The number of benzene rings is 1. The minimum Gasteiger partial charge on any atom is -0.468 e. The maximum Gasteiger partial charge on any atom is 0.414 e. The molecule has 1 aromatic heterocycles. The third kappa shape index (κ3) is 6.17. The van der Waals surface area contributed by atoms with E-state index in [0.29, 0.717) is 6.54 Å². The molecule has 3 aliphatic heterocycles. The number of furan rings is 1. The second kappa shape index (κ2) is 12.7. The van der Waals surface area contributed by atoms with E-state index in [1.54, 1.807) is 24.3 Å². The van der Waals surface area contributed by atoms with Crippen molar-refractivity contribution in [3.8, 4) is 5.95 Å². The third-order valence-corrected chi connectivity index (χ3v) is 7.37. The number of hydrogen-bond acceptors (Lipinski definition) is 11. The van der Waals surface area contributed by atoms with Gasteiger partial charge in [0.05, 0.1) is 38.9 Å². The van der Waals surface area contributed by atoms with Gasteiger partial charge in [-0.3, -0.25) is 29.3 Å². The van der Waals surface area contributed by atoms with Gasteiger partial charge in [0.1, 0.15) is 17.8 Å². The summed E-state index contributed by atoms with van der Waals surface area (Å²) < 4.78 is 46.2. The van der Waals surface area contributed by atoms with Crippen LogP contribution in [-0.2, 0) is 14.3 Å². The standard InChI is InChI=1S/C27H32F2N8O7/c1-4-34(9-10-37-22(38)13-20(26(40)33(37)2)31-25(39)21-5-6-23(42-3)44-21)24-18(28)11-16(12-19(24)29)36-15-17(43-27(36)41)14-35-8-7-30-32-35/h5-8,11-12,17,20,30,32H,4,9-10,13-15H2,1-3H3,(H,31,39)/t17-,20-/m0/s1. The molecule has 2 aromatic rings. The Bertz CT molecular complexity index is 1450. The Kier molecular flexibility index (Phi) is 8.75. The Labute approximate surface area is 250 Å². The number of nitrogens with zero attached hydrogens (tertiary/aromatic N) is 5. The fourth-order valence-electron chi connectivity index (χ4n) is 5.14. The average Bonchev–Trinajstić information content (AvgIpc) is 3.76. The number of nitrogens with one attached hydrogen (secondary N) is 3. The molecule has 2 atom stereocenters. The van der Waals surface area contributed by atoms with Gasteiger partial charge in [0.15, 0.2) is 17.4 Å². The van der Waals surface area contributed by atoms with E-state index in [1.165, 1.54) is 31.2 Å². The zero-order chi connectivity index (χ0) is 31.5. The van der Waals surface area contributed by atoms with Gasteiger partial charge in [-0.1, -0.05) is 0 Å². The summed E-state index contributed by atoms with van der Waals surface area (Å²) in [5.41, 5.74) is 5.26. The smallest absolute Gasteiger partial charge is 0.414 e. The molecule has 0 radical (unpaired) electrons. The molecule has 0 spiro atoms. The van der Waals surface area contributed by atoms with Crippen LogP contribution in [0, 0.1) is 11.6 Å². The van der Waals surface area contributed by atoms with Crippen molar-refractivity contribution in [2.24, 2.45) is 0 Å². The number of methoxy groups -OCH3 is 1. The van der Waals surface area contributed by atoms with Crippen molar-refractivity contribution >= 4 is 35.2 Å². The van der Waals surface area contributed by atoms with Gasteiger partial charge in [-0.15, -0.1) is 5.53 Å². The molecule has 3 aliphatic rings. The molecular weight excluding hydrogens is 586 g/mol. The lowest BCUT2D eigenvalue weighted by molar-refractivity contribution is -0.169. The van der Waals surface area contributed by atoms with E-state index in [1.807, 2.05) is 0 Å². The second-order valence-electron chi connectivity index (χ2n) is 10.1. The van der Waals surface area contributed by atoms with Crippen LogP contribution in [-0.4, -0.2) is 97.9 Å². The van der Waals surface area contributed by atoms with E-state index >= 15 is 8.78 Å². The summed E-state index contributed by atoms with van der Waals surface area (Å²) in [6.45, 7) is 2.18. The Balaban J connectivity index is 1.21. The van der Waals surface area contributed by atoms with Crippen LogP contribution >= 0.6 is 0 Å². The van der Waals surface area contributed by atoms with Gasteiger partial charge in [-0.05, 0) is 13.0 Å². The third-order valence-electron chi connectivity index (χ3n) is 7.37. The summed E-state index contributed by atoms with van der Waals surface area (Å²) in [7, 11) is 2.74. The normalized spacial score (nSPS) is 19.9. The number of carbonyl (C=O) groups excluding carboxylic acids is 4. The first kappa shape index (κ1) is 30.4. The number of hydrogen-bond donors (Lipinski definition) is 3.